The summed E-state index contributed by atoms with van der Waals surface area (Å²) in [7, 11) is 2.03. The van der Waals surface area contributed by atoms with Gasteiger partial charge in [0, 0.05) is 38.2 Å². The van der Waals surface area contributed by atoms with Crippen molar-refractivity contribution in [2.75, 3.05) is 31.7 Å². The predicted molar refractivity (Wildman–Crippen MR) is 79.9 cm³/mol. The number of oxazole rings is 1. The average Bonchev–Trinajstić information content (AvgIpc) is 2.86. The predicted octanol–water partition coefficient (Wildman–Crippen LogP) is 2.43. The largest absolute Gasteiger partial charge is 0.432 e. The Morgan fingerprint density at radius 1 is 1.45 bits per heavy atom. The molecule has 20 heavy (non-hydrogen) atoms. The van der Waals surface area contributed by atoms with Crippen LogP contribution in [0.3, 0.4) is 0 Å². The van der Waals surface area contributed by atoms with Crippen LogP contribution in [0.25, 0.3) is 0 Å². The first-order valence-corrected chi connectivity index (χ1v) is 7.42. The van der Waals surface area contributed by atoms with E-state index in [1.54, 1.807) is 6.26 Å². The first kappa shape index (κ1) is 15.3. The molecule has 0 amide bonds. The summed E-state index contributed by atoms with van der Waals surface area (Å²) in [5, 5.41) is 3.41. The maximum atomic E-state index is 5.57. The maximum Gasteiger partial charge on any atom is 0.297 e. The van der Waals surface area contributed by atoms with Crippen molar-refractivity contribution in [1.82, 2.24) is 10.3 Å². The third-order valence-electron chi connectivity index (χ3n) is 3.45. The molecule has 1 saturated heterocycles. The molecular formula is C15H27N3O2. The molecule has 0 aliphatic carbocycles. The molecule has 1 fully saturated rings. The molecule has 114 valence electrons. The zero-order valence-corrected chi connectivity index (χ0v) is 13.1. The van der Waals surface area contributed by atoms with E-state index in [0.717, 1.165) is 38.4 Å². The second kappa shape index (κ2) is 6.59. The maximum absolute atomic E-state index is 5.57. The lowest BCUT2D eigenvalue weighted by Crippen LogP contribution is -2.35. The van der Waals surface area contributed by atoms with E-state index < -0.39 is 0 Å². The summed E-state index contributed by atoms with van der Waals surface area (Å²) < 4.78 is 11.1. The topological polar surface area (TPSA) is 50.5 Å². The van der Waals surface area contributed by atoms with Gasteiger partial charge in [0.25, 0.3) is 6.01 Å². The van der Waals surface area contributed by atoms with E-state index in [-0.39, 0.29) is 5.54 Å². The summed E-state index contributed by atoms with van der Waals surface area (Å²) in [6.07, 6.45) is 4.12. The Morgan fingerprint density at radius 3 is 2.90 bits per heavy atom. The minimum absolute atomic E-state index is 0.0877. The van der Waals surface area contributed by atoms with Crippen molar-refractivity contribution in [3.63, 3.8) is 0 Å². The SMILES string of the molecule is CN(CC1CCCOC1)c1nc(CNC(C)(C)C)co1. The zero-order valence-electron chi connectivity index (χ0n) is 13.1. The van der Waals surface area contributed by atoms with E-state index in [2.05, 4.69) is 36.0 Å². The fourth-order valence-electron chi connectivity index (χ4n) is 2.33. The molecule has 1 aromatic heterocycles. The highest BCUT2D eigenvalue weighted by Gasteiger charge is 2.19. The lowest BCUT2D eigenvalue weighted by molar-refractivity contribution is 0.0573. The number of anilines is 1. The van der Waals surface area contributed by atoms with Gasteiger partial charge in [0.15, 0.2) is 0 Å². The van der Waals surface area contributed by atoms with Gasteiger partial charge in [0.2, 0.25) is 0 Å². The van der Waals surface area contributed by atoms with Gasteiger partial charge in [-0.3, -0.25) is 0 Å². The van der Waals surface area contributed by atoms with E-state index >= 15 is 0 Å². The second-order valence-corrected chi connectivity index (χ2v) is 6.69. The zero-order chi connectivity index (χ0) is 14.6. The van der Waals surface area contributed by atoms with Crippen LogP contribution in [-0.2, 0) is 11.3 Å². The van der Waals surface area contributed by atoms with Gasteiger partial charge in [-0.1, -0.05) is 0 Å². The third kappa shape index (κ3) is 4.80. The van der Waals surface area contributed by atoms with Crippen LogP contribution >= 0.6 is 0 Å². The van der Waals surface area contributed by atoms with Crippen LogP contribution in [0.5, 0.6) is 0 Å². The molecule has 2 heterocycles. The standard InChI is InChI=1S/C15H27N3O2/c1-15(2,3)16-8-13-11-20-14(17-13)18(4)9-12-6-5-7-19-10-12/h11-12,16H,5-10H2,1-4H3. The number of nitrogens with one attached hydrogen (secondary N) is 1. The highest BCUT2D eigenvalue weighted by Crippen LogP contribution is 2.19. The molecule has 0 radical (unpaired) electrons. The van der Waals surface area contributed by atoms with Crippen molar-refractivity contribution in [3.8, 4) is 0 Å². The van der Waals surface area contributed by atoms with Gasteiger partial charge in [-0.25, -0.2) is 0 Å². The summed E-state index contributed by atoms with van der Waals surface area (Å²) in [5.74, 6) is 0.580. The van der Waals surface area contributed by atoms with Crippen LogP contribution in [0.15, 0.2) is 10.7 Å². The van der Waals surface area contributed by atoms with Crippen molar-refractivity contribution >= 4 is 6.01 Å². The third-order valence-corrected chi connectivity index (χ3v) is 3.45. The molecule has 5 heteroatoms. The Bertz CT molecular complexity index is 405. The molecule has 1 aliphatic rings. The number of hydrogen-bond donors (Lipinski definition) is 1. The highest BCUT2D eigenvalue weighted by molar-refractivity contribution is 5.25. The van der Waals surface area contributed by atoms with Crippen molar-refractivity contribution in [1.29, 1.82) is 0 Å². The van der Waals surface area contributed by atoms with Crippen LogP contribution in [-0.4, -0.2) is 37.3 Å². The van der Waals surface area contributed by atoms with Gasteiger partial charge in [-0.15, -0.1) is 0 Å². The quantitative estimate of drug-likeness (QED) is 0.898. The first-order chi connectivity index (χ1) is 9.44. The Balaban J connectivity index is 1.84. The summed E-state index contributed by atoms with van der Waals surface area (Å²) in [6.45, 7) is 9.85. The molecule has 1 aromatic rings. The van der Waals surface area contributed by atoms with Crippen molar-refractivity contribution < 1.29 is 9.15 Å². The molecule has 0 aromatic carbocycles. The highest BCUT2D eigenvalue weighted by atomic mass is 16.5. The number of ether oxygens (including phenoxy) is 1. The molecule has 0 spiro atoms. The van der Waals surface area contributed by atoms with Gasteiger partial charge >= 0.3 is 0 Å². The fourth-order valence-corrected chi connectivity index (χ4v) is 2.33. The van der Waals surface area contributed by atoms with Crippen LogP contribution in [0.1, 0.15) is 39.3 Å². The van der Waals surface area contributed by atoms with Crippen molar-refractivity contribution in [3.05, 3.63) is 12.0 Å². The van der Waals surface area contributed by atoms with Crippen LogP contribution in [0.4, 0.5) is 6.01 Å². The van der Waals surface area contributed by atoms with E-state index in [4.69, 9.17) is 9.15 Å². The van der Waals surface area contributed by atoms with Gasteiger partial charge in [-0.05, 0) is 33.6 Å². The molecular weight excluding hydrogens is 254 g/mol. The number of aromatic nitrogens is 1. The monoisotopic (exact) mass is 281 g/mol. The van der Waals surface area contributed by atoms with E-state index in [1.165, 1.54) is 6.42 Å². The van der Waals surface area contributed by atoms with E-state index in [1.807, 2.05) is 7.05 Å². The molecule has 0 saturated carbocycles. The molecule has 2 rings (SSSR count). The smallest absolute Gasteiger partial charge is 0.297 e. The van der Waals surface area contributed by atoms with Crippen molar-refractivity contribution in [2.45, 2.75) is 45.7 Å². The Hall–Kier alpha value is -1.07. The molecule has 1 unspecified atom stereocenters. The van der Waals surface area contributed by atoms with E-state index in [0.29, 0.717) is 11.9 Å². The lowest BCUT2D eigenvalue weighted by atomic mass is 10.0. The van der Waals surface area contributed by atoms with Gasteiger partial charge in [0.05, 0.1) is 12.3 Å². The Kier molecular flexibility index (Phi) is 5.05. The minimum atomic E-state index is 0.0877. The second-order valence-electron chi connectivity index (χ2n) is 6.69. The molecule has 0 bridgehead atoms. The Labute approximate surface area is 121 Å². The summed E-state index contributed by atoms with van der Waals surface area (Å²) in [5.41, 5.74) is 1.03. The number of hydrogen-bond acceptors (Lipinski definition) is 5. The van der Waals surface area contributed by atoms with Crippen LogP contribution < -0.4 is 10.2 Å². The minimum Gasteiger partial charge on any atom is -0.432 e. The van der Waals surface area contributed by atoms with Gasteiger partial charge < -0.3 is 19.4 Å². The average molecular weight is 281 g/mol. The van der Waals surface area contributed by atoms with Crippen LogP contribution in [0, 0.1) is 5.92 Å². The van der Waals surface area contributed by atoms with Gasteiger partial charge in [-0.2, -0.15) is 4.98 Å². The number of rotatable bonds is 5. The number of nitrogens with zero attached hydrogens (tertiary/aromatic N) is 2. The van der Waals surface area contributed by atoms with E-state index in [9.17, 15) is 0 Å². The summed E-state index contributed by atoms with van der Waals surface area (Å²) in [4.78, 5) is 6.62. The van der Waals surface area contributed by atoms with Crippen molar-refractivity contribution in [2.24, 2.45) is 5.92 Å². The molecule has 1 atom stereocenters. The normalized spacial score (nSPS) is 20.1. The lowest BCUT2D eigenvalue weighted by Gasteiger charge is -2.26. The molecule has 1 N–H and O–H groups in total. The summed E-state index contributed by atoms with van der Waals surface area (Å²) in [6, 6.07) is 0.696. The summed E-state index contributed by atoms with van der Waals surface area (Å²) >= 11 is 0. The molecule has 5 nitrogen and oxygen atoms in total. The van der Waals surface area contributed by atoms with Gasteiger partial charge in [0.1, 0.15) is 6.26 Å². The first-order valence-electron chi connectivity index (χ1n) is 7.42. The van der Waals surface area contributed by atoms with Crippen LogP contribution in [0.2, 0.25) is 0 Å². The molecule has 1 aliphatic heterocycles. The Morgan fingerprint density at radius 2 is 2.25 bits per heavy atom. The fraction of sp³-hybridized carbons (Fsp3) is 0.800.